The highest BCUT2D eigenvalue weighted by Gasteiger charge is 2.32. The number of hydrogen-bond donors (Lipinski definition) is 0. The van der Waals surface area contributed by atoms with Crippen molar-refractivity contribution in [2.75, 3.05) is 6.54 Å². The fraction of sp³-hybridized carbons (Fsp3) is 0.286. The molecule has 1 saturated heterocycles. The van der Waals surface area contributed by atoms with Crippen molar-refractivity contribution in [1.29, 1.82) is 0 Å². The number of aryl methyl sites for hydroxylation is 2. The third kappa shape index (κ3) is 3.73. The summed E-state index contributed by atoms with van der Waals surface area (Å²) in [4.78, 5) is 25.5. The van der Waals surface area contributed by atoms with Crippen LogP contribution in [0.2, 0.25) is 0 Å². The molecule has 1 atom stereocenters. The minimum atomic E-state index is -0.467. The molecule has 148 valence electrons. The number of amides is 1. The van der Waals surface area contributed by atoms with Crippen LogP contribution >= 0.6 is 0 Å². The Morgan fingerprint density at radius 2 is 1.93 bits per heavy atom. The number of benzene rings is 2. The van der Waals surface area contributed by atoms with Crippen molar-refractivity contribution in [2.45, 2.75) is 32.7 Å². The lowest BCUT2D eigenvalue weighted by Gasteiger charge is -2.24. The number of carbonyl (C=O) groups is 1. The summed E-state index contributed by atoms with van der Waals surface area (Å²) >= 11 is 0. The highest BCUT2D eigenvalue weighted by atomic mass is 16.6. The normalized spacial score (nSPS) is 16.2. The van der Waals surface area contributed by atoms with E-state index in [9.17, 15) is 14.9 Å². The molecule has 3 aromatic rings. The Morgan fingerprint density at radius 3 is 2.66 bits per heavy atom. The maximum absolute atomic E-state index is 13.1. The lowest BCUT2D eigenvalue weighted by atomic mass is 9.99. The number of nitro benzene ring substituents is 1. The van der Waals surface area contributed by atoms with Crippen LogP contribution < -0.4 is 0 Å². The first-order chi connectivity index (χ1) is 13.9. The molecule has 1 fully saturated rings. The average molecular weight is 391 g/mol. The summed E-state index contributed by atoms with van der Waals surface area (Å²) in [7, 11) is 0. The molecule has 1 amide bonds. The largest absolute Gasteiger partial charge is 0.330 e. The molecule has 8 heteroatoms. The number of non-ortho nitro benzene ring substituents is 1. The van der Waals surface area contributed by atoms with Gasteiger partial charge in [-0.2, -0.15) is 0 Å². The minimum absolute atomic E-state index is 0.0177. The molecule has 29 heavy (non-hydrogen) atoms. The molecule has 2 heterocycles. The van der Waals surface area contributed by atoms with Gasteiger partial charge in [0.25, 0.3) is 11.6 Å². The molecule has 0 N–H and O–H groups in total. The van der Waals surface area contributed by atoms with Crippen LogP contribution in [-0.2, 0) is 0 Å². The van der Waals surface area contributed by atoms with Crippen LogP contribution in [0, 0.1) is 24.0 Å². The van der Waals surface area contributed by atoms with Gasteiger partial charge in [-0.15, -0.1) is 5.10 Å². The van der Waals surface area contributed by atoms with E-state index >= 15 is 0 Å². The van der Waals surface area contributed by atoms with Crippen molar-refractivity contribution < 1.29 is 9.72 Å². The number of aromatic nitrogens is 3. The summed E-state index contributed by atoms with van der Waals surface area (Å²) in [5.41, 5.74) is 4.16. The van der Waals surface area contributed by atoms with Gasteiger partial charge in [-0.25, -0.2) is 4.68 Å². The zero-order chi connectivity index (χ0) is 20.5. The summed E-state index contributed by atoms with van der Waals surface area (Å²) in [5, 5.41) is 19.0. The SMILES string of the molecule is Cc1cc(C)cc(C2CCCN2C(=O)c2cn(-c3cccc([N+](=O)[O-])c3)nn2)c1. The Balaban J connectivity index is 1.60. The molecule has 1 aliphatic rings. The Morgan fingerprint density at radius 1 is 1.17 bits per heavy atom. The number of rotatable bonds is 4. The number of carbonyl (C=O) groups excluding carboxylic acids is 1. The van der Waals surface area contributed by atoms with Crippen LogP contribution in [0.15, 0.2) is 48.7 Å². The first kappa shape index (κ1) is 18.8. The van der Waals surface area contributed by atoms with Crippen molar-refractivity contribution in [1.82, 2.24) is 19.9 Å². The molecule has 8 nitrogen and oxygen atoms in total. The third-order valence-corrected chi connectivity index (χ3v) is 5.16. The first-order valence-corrected chi connectivity index (χ1v) is 9.49. The lowest BCUT2D eigenvalue weighted by Crippen LogP contribution is -2.31. The maximum Gasteiger partial charge on any atom is 0.276 e. The van der Waals surface area contributed by atoms with E-state index in [0.29, 0.717) is 12.2 Å². The van der Waals surface area contributed by atoms with E-state index in [4.69, 9.17) is 0 Å². The quantitative estimate of drug-likeness (QED) is 0.498. The average Bonchev–Trinajstić information content (AvgIpc) is 3.37. The van der Waals surface area contributed by atoms with E-state index in [2.05, 4.69) is 42.4 Å². The molecule has 1 aliphatic heterocycles. The van der Waals surface area contributed by atoms with Gasteiger partial charge in [-0.1, -0.05) is 40.6 Å². The molecule has 1 aromatic heterocycles. The topological polar surface area (TPSA) is 94.2 Å². The van der Waals surface area contributed by atoms with Gasteiger partial charge in [0.2, 0.25) is 0 Å². The molecule has 0 radical (unpaired) electrons. The number of nitro groups is 1. The second-order valence-electron chi connectivity index (χ2n) is 7.40. The highest BCUT2D eigenvalue weighted by Crippen LogP contribution is 2.34. The van der Waals surface area contributed by atoms with Crippen LogP contribution in [0.3, 0.4) is 0 Å². The highest BCUT2D eigenvalue weighted by molar-refractivity contribution is 5.92. The predicted octanol–water partition coefficient (Wildman–Crippen LogP) is 3.77. The summed E-state index contributed by atoms with van der Waals surface area (Å²) < 4.78 is 1.39. The fourth-order valence-corrected chi connectivity index (χ4v) is 3.94. The van der Waals surface area contributed by atoms with Crippen LogP contribution in [0.1, 0.15) is 46.1 Å². The monoisotopic (exact) mass is 391 g/mol. The number of likely N-dealkylation sites (tertiary alicyclic amines) is 1. The minimum Gasteiger partial charge on any atom is -0.330 e. The zero-order valence-electron chi connectivity index (χ0n) is 16.3. The summed E-state index contributed by atoms with van der Waals surface area (Å²) in [5.74, 6) is -0.177. The van der Waals surface area contributed by atoms with Crippen LogP contribution in [0.4, 0.5) is 5.69 Å². The summed E-state index contributed by atoms with van der Waals surface area (Å²) in [6, 6.07) is 12.5. The van der Waals surface area contributed by atoms with Gasteiger partial charge < -0.3 is 4.90 Å². The van der Waals surface area contributed by atoms with Gasteiger partial charge in [0.05, 0.1) is 22.8 Å². The lowest BCUT2D eigenvalue weighted by molar-refractivity contribution is -0.384. The van der Waals surface area contributed by atoms with E-state index in [-0.39, 0.29) is 23.3 Å². The standard InChI is InChI=1S/C21H21N5O3/c1-14-9-15(2)11-16(10-14)20-7-4-8-24(20)21(27)19-13-25(23-22-19)17-5-3-6-18(12-17)26(28)29/h3,5-6,9-13,20H,4,7-8H2,1-2H3. The molecule has 4 rings (SSSR count). The molecular formula is C21H21N5O3. The predicted molar refractivity (Wildman–Crippen MR) is 107 cm³/mol. The van der Waals surface area contributed by atoms with E-state index in [1.54, 1.807) is 12.1 Å². The molecule has 0 bridgehead atoms. The molecule has 1 unspecified atom stereocenters. The van der Waals surface area contributed by atoms with Crippen molar-refractivity contribution in [3.8, 4) is 5.69 Å². The fourth-order valence-electron chi connectivity index (χ4n) is 3.94. The Bertz CT molecular complexity index is 1070. The van der Waals surface area contributed by atoms with Gasteiger partial charge in [0.1, 0.15) is 0 Å². The van der Waals surface area contributed by atoms with Crippen LogP contribution in [0.5, 0.6) is 0 Å². The smallest absolute Gasteiger partial charge is 0.276 e. The second kappa shape index (κ2) is 7.46. The Kier molecular flexibility index (Phi) is 4.84. The maximum atomic E-state index is 13.1. The zero-order valence-corrected chi connectivity index (χ0v) is 16.3. The van der Waals surface area contributed by atoms with Crippen molar-refractivity contribution in [3.05, 3.63) is 81.2 Å². The van der Waals surface area contributed by atoms with Gasteiger partial charge in [-0.05, 0) is 38.3 Å². The molecule has 2 aromatic carbocycles. The summed E-state index contributed by atoms with van der Waals surface area (Å²) in [6.07, 6.45) is 3.37. The van der Waals surface area contributed by atoms with E-state index in [1.807, 2.05) is 4.90 Å². The Hall–Kier alpha value is -3.55. The van der Waals surface area contributed by atoms with Crippen molar-refractivity contribution in [2.24, 2.45) is 0 Å². The van der Waals surface area contributed by atoms with Crippen molar-refractivity contribution in [3.63, 3.8) is 0 Å². The van der Waals surface area contributed by atoms with E-state index in [0.717, 1.165) is 18.4 Å². The van der Waals surface area contributed by atoms with Gasteiger partial charge in [0.15, 0.2) is 5.69 Å². The van der Waals surface area contributed by atoms with Gasteiger partial charge in [-0.3, -0.25) is 14.9 Å². The molecule has 0 saturated carbocycles. The Labute approximate surface area is 167 Å². The molecule has 0 spiro atoms. The van der Waals surface area contributed by atoms with Crippen LogP contribution in [0.25, 0.3) is 5.69 Å². The van der Waals surface area contributed by atoms with Crippen molar-refractivity contribution >= 4 is 11.6 Å². The number of nitrogens with zero attached hydrogens (tertiary/aromatic N) is 5. The van der Waals surface area contributed by atoms with E-state index in [1.165, 1.54) is 34.1 Å². The van der Waals surface area contributed by atoms with Gasteiger partial charge in [0, 0.05) is 18.7 Å². The third-order valence-electron chi connectivity index (χ3n) is 5.16. The van der Waals surface area contributed by atoms with Crippen LogP contribution in [-0.4, -0.2) is 37.3 Å². The number of hydrogen-bond acceptors (Lipinski definition) is 5. The van der Waals surface area contributed by atoms with Gasteiger partial charge >= 0.3 is 0 Å². The first-order valence-electron chi connectivity index (χ1n) is 9.49. The molecule has 0 aliphatic carbocycles. The van der Waals surface area contributed by atoms with E-state index < -0.39 is 4.92 Å². The second-order valence-corrected chi connectivity index (χ2v) is 7.40. The molecular weight excluding hydrogens is 370 g/mol. The summed E-state index contributed by atoms with van der Waals surface area (Å²) in [6.45, 7) is 4.78.